The molecule has 3 aromatic rings. The number of rotatable bonds is 8. The van der Waals surface area contributed by atoms with Gasteiger partial charge in [0.1, 0.15) is 23.9 Å². The lowest BCUT2D eigenvalue weighted by atomic mass is 10.3. The summed E-state index contributed by atoms with van der Waals surface area (Å²) in [5, 5.41) is 3.01. The third-order valence-corrected chi connectivity index (χ3v) is 4.75. The van der Waals surface area contributed by atoms with Crippen LogP contribution in [0.2, 0.25) is 0 Å². The van der Waals surface area contributed by atoms with Crippen LogP contribution >= 0.6 is 0 Å². The average Bonchev–Trinajstić information content (AvgIpc) is 3.50. The highest BCUT2D eigenvalue weighted by molar-refractivity contribution is 5.81. The molecule has 0 bridgehead atoms. The van der Waals surface area contributed by atoms with Gasteiger partial charge >= 0.3 is 0 Å². The van der Waals surface area contributed by atoms with Crippen LogP contribution in [0.4, 0.5) is 0 Å². The predicted molar refractivity (Wildman–Crippen MR) is 103 cm³/mol. The lowest BCUT2D eigenvalue weighted by molar-refractivity contribution is -0.122. The van der Waals surface area contributed by atoms with E-state index in [1.54, 1.807) is 7.11 Å². The summed E-state index contributed by atoms with van der Waals surface area (Å²) in [4.78, 5) is 16.7. The van der Waals surface area contributed by atoms with E-state index in [4.69, 9.17) is 9.47 Å². The molecular weight excluding hydrogens is 342 g/mol. The number of carbonyl (C=O) groups is 1. The van der Waals surface area contributed by atoms with Crippen LogP contribution in [0.15, 0.2) is 48.5 Å². The number of ether oxygens (including phenoxy) is 2. The van der Waals surface area contributed by atoms with Gasteiger partial charge in [-0.15, -0.1) is 0 Å². The van der Waals surface area contributed by atoms with Gasteiger partial charge in [0.25, 0.3) is 0 Å². The van der Waals surface area contributed by atoms with Gasteiger partial charge in [-0.25, -0.2) is 4.98 Å². The highest BCUT2D eigenvalue weighted by Crippen LogP contribution is 2.29. The van der Waals surface area contributed by atoms with E-state index in [-0.39, 0.29) is 11.8 Å². The molecule has 0 radical (unpaired) electrons. The van der Waals surface area contributed by atoms with Crippen molar-refractivity contribution in [1.29, 1.82) is 0 Å². The molecule has 4 rings (SSSR count). The molecule has 0 aliphatic heterocycles. The Morgan fingerprint density at radius 3 is 2.63 bits per heavy atom. The predicted octanol–water partition coefficient (Wildman–Crippen LogP) is 3.15. The van der Waals surface area contributed by atoms with Crippen molar-refractivity contribution in [1.82, 2.24) is 14.9 Å². The van der Waals surface area contributed by atoms with E-state index >= 15 is 0 Å². The molecule has 1 fully saturated rings. The molecule has 0 unspecified atom stereocenters. The number of hydrogen-bond acceptors (Lipinski definition) is 4. The van der Waals surface area contributed by atoms with Gasteiger partial charge in [0, 0.05) is 5.92 Å². The number of amides is 1. The monoisotopic (exact) mass is 365 g/mol. The molecule has 6 nitrogen and oxygen atoms in total. The average molecular weight is 365 g/mol. The van der Waals surface area contributed by atoms with Gasteiger partial charge in [-0.3, -0.25) is 4.79 Å². The number of aromatic nitrogens is 2. The number of carbonyl (C=O) groups excluding carboxylic acids is 1. The third-order valence-electron chi connectivity index (χ3n) is 4.75. The first-order valence-corrected chi connectivity index (χ1v) is 9.23. The van der Waals surface area contributed by atoms with Gasteiger partial charge in [0.15, 0.2) is 0 Å². The first kappa shape index (κ1) is 17.4. The van der Waals surface area contributed by atoms with Crippen LogP contribution in [-0.2, 0) is 17.9 Å². The standard InChI is InChI=1S/C21H23N3O3/c1-26-16-8-10-17(11-9-16)27-13-12-24-19-5-3-2-4-18(19)23-20(24)14-22-21(25)15-6-7-15/h2-5,8-11,15H,6-7,12-14H2,1H3,(H,22,25). The lowest BCUT2D eigenvalue weighted by Crippen LogP contribution is -2.26. The number of hydrogen-bond donors (Lipinski definition) is 1. The second-order valence-corrected chi connectivity index (χ2v) is 6.68. The van der Waals surface area contributed by atoms with Crippen molar-refractivity contribution in [3.63, 3.8) is 0 Å². The lowest BCUT2D eigenvalue weighted by Gasteiger charge is -2.12. The van der Waals surface area contributed by atoms with E-state index in [1.807, 2.05) is 48.5 Å². The highest BCUT2D eigenvalue weighted by atomic mass is 16.5. The fraction of sp³-hybridized carbons (Fsp3) is 0.333. The molecule has 0 saturated heterocycles. The number of para-hydroxylation sites is 2. The third kappa shape index (κ3) is 4.05. The highest BCUT2D eigenvalue weighted by Gasteiger charge is 2.29. The molecule has 1 N–H and O–H groups in total. The molecule has 1 heterocycles. The largest absolute Gasteiger partial charge is 0.497 e. The van der Waals surface area contributed by atoms with Crippen LogP contribution in [-0.4, -0.2) is 29.2 Å². The Balaban J connectivity index is 1.45. The van der Waals surface area contributed by atoms with Gasteiger partial charge in [0.05, 0.1) is 31.2 Å². The topological polar surface area (TPSA) is 65.4 Å². The van der Waals surface area contributed by atoms with Crippen molar-refractivity contribution >= 4 is 16.9 Å². The van der Waals surface area contributed by atoms with Crippen molar-refractivity contribution in [2.45, 2.75) is 25.9 Å². The number of nitrogens with one attached hydrogen (secondary N) is 1. The van der Waals surface area contributed by atoms with Crippen LogP contribution in [0.25, 0.3) is 11.0 Å². The quantitative estimate of drug-likeness (QED) is 0.666. The van der Waals surface area contributed by atoms with E-state index in [0.717, 1.165) is 41.2 Å². The first-order chi connectivity index (χ1) is 13.2. The Labute approximate surface area is 158 Å². The Kier molecular flexibility index (Phi) is 4.96. The summed E-state index contributed by atoms with van der Waals surface area (Å²) in [6.45, 7) is 1.60. The van der Waals surface area contributed by atoms with E-state index in [2.05, 4.69) is 14.9 Å². The van der Waals surface area contributed by atoms with E-state index in [1.165, 1.54) is 0 Å². The fourth-order valence-corrected chi connectivity index (χ4v) is 3.09. The molecule has 6 heteroatoms. The molecular formula is C21H23N3O3. The van der Waals surface area contributed by atoms with E-state index in [9.17, 15) is 4.79 Å². The second kappa shape index (κ2) is 7.70. The Bertz CT molecular complexity index is 929. The summed E-state index contributed by atoms with van der Waals surface area (Å²) in [6.07, 6.45) is 2.00. The molecule has 1 aliphatic rings. The maximum Gasteiger partial charge on any atom is 0.223 e. The zero-order chi connectivity index (χ0) is 18.6. The van der Waals surface area contributed by atoms with Gasteiger partial charge in [-0.05, 0) is 49.2 Å². The summed E-state index contributed by atoms with van der Waals surface area (Å²) in [7, 11) is 1.64. The van der Waals surface area contributed by atoms with Crippen molar-refractivity contribution < 1.29 is 14.3 Å². The van der Waals surface area contributed by atoms with Crippen molar-refractivity contribution in [2.75, 3.05) is 13.7 Å². The van der Waals surface area contributed by atoms with Crippen LogP contribution in [0, 0.1) is 5.92 Å². The van der Waals surface area contributed by atoms with Crippen LogP contribution in [0.5, 0.6) is 11.5 Å². The van der Waals surface area contributed by atoms with Gasteiger partial charge in [0.2, 0.25) is 5.91 Å². The van der Waals surface area contributed by atoms with E-state index in [0.29, 0.717) is 19.7 Å². The molecule has 0 spiro atoms. The number of imidazole rings is 1. The summed E-state index contributed by atoms with van der Waals surface area (Å²) in [5.41, 5.74) is 1.98. The molecule has 140 valence electrons. The molecule has 0 atom stereocenters. The number of fused-ring (bicyclic) bond motifs is 1. The maximum atomic E-state index is 12.0. The second-order valence-electron chi connectivity index (χ2n) is 6.68. The maximum absolute atomic E-state index is 12.0. The summed E-state index contributed by atoms with van der Waals surface area (Å²) in [6, 6.07) is 15.5. The van der Waals surface area contributed by atoms with Crippen molar-refractivity contribution in [3.05, 3.63) is 54.4 Å². The molecule has 2 aromatic carbocycles. The number of benzene rings is 2. The fourth-order valence-electron chi connectivity index (χ4n) is 3.09. The minimum Gasteiger partial charge on any atom is -0.497 e. The zero-order valence-electron chi connectivity index (χ0n) is 15.4. The Morgan fingerprint density at radius 2 is 1.89 bits per heavy atom. The zero-order valence-corrected chi connectivity index (χ0v) is 15.4. The smallest absolute Gasteiger partial charge is 0.223 e. The minimum atomic E-state index is 0.128. The molecule has 1 amide bonds. The molecule has 1 aromatic heterocycles. The van der Waals surface area contributed by atoms with Crippen molar-refractivity contribution in [2.24, 2.45) is 5.92 Å². The number of methoxy groups -OCH3 is 1. The summed E-state index contributed by atoms with van der Waals surface area (Å²) < 4.78 is 13.1. The SMILES string of the molecule is COc1ccc(OCCn2c(CNC(=O)C3CC3)nc3ccccc32)cc1. The Morgan fingerprint density at radius 1 is 1.15 bits per heavy atom. The molecule has 1 aliphatic carbocycles. The number of nitrogens with zero attached hydrogens (tertiary/aromatic N) is 2. The first-order valence-electron chi connectivity index (χ1n) is 9.23. The van der Waals surface area contributed by atoms with E-state index < -0.39 is 0 Å². The van der Waals surface area contributed by atoms with Crippen molar-refractivity contribution in [3.8, 4) is 11.5 Å². The molecule has 27 heavy (non-hydrogen) atoms. The van der Waals surface area contributed by atoms with Gasteiger partial charge < -0.3 is 19.4 Å². The van der Waals surface area contributed by atoms with Crippen LogP contribution < -0.4 is 14.8 Å². The van der Waals surface area contributed by atoms with Gasteiger partial charge in [-0.1, -0.05) is 12.1 Å². The van der Waals surface area contributed by atoms with Crippen LogP contribution in [0.3, 0.4) is 0 Å². The Hall–Kier alpha value is -3.02. The molecule has 1 saturated carbocycles. The van der Waals surface area contributed by atoms with Crippen LogP contribution in [0.1, 0.15) is 18.7 Å². The normalized spacial score (nSPS) is 13.5. The summed E-state index contributed by atoms with van der Waals surface area (Å²) >= 11 is 0. The summed E-state index contributed by atoms with van der Waals surface area (Å²) in [5.74, 6) is 2.77. The van der Waals surface area contributed by atoms with Gasteiger partial charge in [-0.2, -0.15) is 0 Å². The minimum absolute atomic E-state index is 0.128.